The molecule has 3 rings (SSSR count). The van der Waals surface area contributed by atoms with Gasteiger partial charge in [0.05, 0.1) is 30.3 Å². The highest BCUT2D eigenvalue weighted by Gasteiger charge is 2.30. The lowest BCUT2D eigenvalue weighted by Crippen LogP contribution is -2.44. The van der Waals surface area contributed by atoms with E-state index in [-0.39, 0.29) is 23.4 Å². The van der Waals surface area contributed by atoms with Crippen molar-refractivity contribution in [1.82, 2.24) is 14.7 Å². The molecule has 132 valence electrons. The van der Waals surface area contributed by atoms with E-state index >= 15 is 0 Å². The Balaban J connectivity index is 1.81. The molecule has 0 bridgehead atoms. The molecule has 1 aliphatic heterocycles. The highest BCUT2D eigenvalue weighted by atomic mass is 32.1. The zero-order valence-electron chi connectivity index (χ0n) is 14.3. The quantitative estimate of drug-likeness (QED) is 0.617. The number of Topliss-reactive ketones (excluding diaryl/α,β-unsaturated/α-hetero) is 1. The lowest BCUT2D eigenvalue weighted by Gasteiger charge is -2.33. The number of carbonyl (C=O) groups is 3. The molecule has 0 aromatic carbocycles. The Morgan fingerprint density at radius 1 is 1.36 bits per heavy atom. The summed E-state index contributed by atoms with van der Waals surface area (Å²) in [5, 5.41) is 5.98. The van der Waals surface area contributed by atoms with Gasteiger partial charge in [0.1, 0.15) is 0 Å². The highest BCUT2D eigenvalue weighted by Crippen LogP contribution is 2.24. The summed E-state index contributed by atoms with van der Waals surface area (Å²) in [5.41, 5.74) is 1.60. The van der Waals surface area contributed by atoms with Gasteiger partial charge >= 0.3 is 5.97 Å². The predicted octanol–water partition coefficient (Wildman–Crippen LogP) is 2.37. The minimum Gasteiger partial charge on any atom is -0.461 e. The molecule has 25 heavy (non-hydrogen) atoms. The number of ether oxygens (including phenoxy) is 1. The lowest BCUT2D eigenvalue weighted by molar-refractivity contribution is 0.0514. The normalized spacial score (nSPS) is 16.4. The average Bonchev–Trinajstić information content (AvgIpc) is 3.20. The topological polar surface area (TPSA) is 81.5 Å². The van der Waals surface area contributed by atoms with E-state index < -0.39 is 5.97 Å². The minimum atomic E-state index is -0.459. The Morgan fingerprint density at radius 3 is 2.76 bits per heavy atom. The van der Waals surface area contributed by atoms with Gasteiger partial charge in [0.2, 0.25) is 0 Å². The first-order valence-electron chi connectivity index (χ1n) is 8.05. The number of nitrogens with zero attached hydrogens (tertiary/aromatic N) is 3. The van der Waals surface area contributed by atoms with Gasteiger partial charge in [0, 0.05) is 17.0 Å². The number of fused-ring (bicyclic) bond motifs is 1. The highest BCUT2D eigenvalue weighted by molar-refractivity contribution is 7.12. The van der Waals surface area contributed by atoms with Crippen molar-refractivity contribution in [3.63, 3.8) is 0 Å². The Morgan fingerprint density at radius 2 is 2.12 bits per heavy atom. The SMILES string of the molecule is CCOC(=O)c1cc2n(n1)CC(C)N(C(=O)c1cc(C(C)=O)cs1)C2. The summed E-state index contributed by atoms with van der Waals surface area (Å²) < 4.78 is 6.72. The number of amides is 1. The second-order valence-corrected chi connectivity index (χ2v) is 6.87. The van der Waals surface area contributed by atoms with Crippen LogP contribution in [-0.2, 0) is 17.8 Å². The molecular formula is C17H19N3O4S. The molecule has 7 nitrogen and oxygen atoms in total. The van der Waals surface area contributed by atoms with Gasteiger partial charge in [-0.3, -0.25) is 14.3 Å². The number of thiophene rings is 1. The molecule has 0 N–H and O–H groups in total. The molecule has 0 saturated carbocycles. The van der Waals surface area contributed by atoms with Crippen molar-refractivity contribution in [2.75, 3.05) is 6.61 Å². The molecule has 1 unspecified atom stereocenters. The molecule has 0 fully saturated rings. The number of carbonyl (C=O) groups excluding carboxylic acids is 3. The van der Waals surface area contributed by atoms with Crippen LogP contribution in [0.1, 0.15) is 57.0 Å². The van der Waals surface area contributed by atoms with E-state index in [1.807, 2.05) is 6.92 Å². The Kier molecular flexibility index (Phi) is 4.71. The van der Waals surface area contributed by atoms with E-state index in [1.165, 1.54) is 18.3 Å². The first-order chi connectivity index (χ1) is 11.9. The molecule has 0 aliphatic carbocycles. The van der Waals surface area contributed by atoms with Gasteiger partial charge in [-0.05, 0) is 32.9 Å². The zero-order valence-corrected chi connectivity index (χ0v) is 15.1. The van der Waals surface area contributed by atoms with Gasteiger partial charge in [-0.25, -0.2) is 4.79 Å². The van der Waals surface area contributed by atoms with Gasteiger partial charge in [-0.2, -0.15) is 5.10 Å². The predicted molar refractivity (Wildman–Crippen MR) is 91.8 cm³/mol. The lowest BCUT2D eigenvalue weighted by atomic mass is 10.1. The van der Waals surface area contributed by atoms with Crippen molar-refractivity contribution in [1.29, 1.82) is 0 Å². The van der Waals surface area contributed by atoms with E-state index in [4.69, 9.17) is 4.74 Å². The van der Waals surface area contributed by atoms with E-state index in [1.54, 1.807) is 34.0 Å². The van der Waals surface area contributed by atoms with Crippen molar-refractivity contribution in [2.45, 2.75) is 39.9 Å². The van der Waals surface area contributed by atoms with Crippen LogP contribution in [0.5, 0.6) is 0 Å². The smallest absolute Gasteiger partial charge is 0.358 e. The van der Waals surface area contributed by atoms with Gasteiger partial charge in [-0.15, -0.1) is 11.3 Å². The minimum absolute atomic E-state index is 0.0563. The van der Waals surface area contributed by atoms with E-state index in [0.717, 1.165) is 5.69 Å². The summed E-state index contributed by atoms with van der Waals surface area (Å²) in [5.74, 6) is -0.631. The number of hydrogen-bond acceptors (Lipinski definition) is 6. The monoisotopic (exact) mass is 361 g/mol. The van der Waals surface area contributed by atoms with Gasteiger partial charge in [-0.1, -0.05) is 0 Å². The maximum absolute atomic E-state index is 12.8. The third-order valence-electron chi connectivity index (χ3n) is 4.13. The van der Waals surface area contributed by atoms with Crippen molar-refractivity contribution >= 4 is 29.0 Å². The zero-order chi connectivity index (χ0) is 18.1. The molecule has 2 aromatic heterocycles. The molecule has 0 saturated heterocycles. The number of esters is 1. The van der Waals surface area contributed by atoms with Crippen LogP contribution in [0.15, 0.2) is 17.5 Å². The fraction of sp³-hybridized carbons (Fsp3) is 0.412. The molecule has 3 heterocycles. The Hall–Kier alpha value is -2.48. The standard InChI is InChI=1S/C17H19N3O4S/c1-4-24-17(23)14-6-13-8-19(10(2)7-20(13)18-14)16(22)15-5-12(9-25-15)11(3)21/h5-6,9-10H,4,7-8H2,1-3H3. The van der Waals surface area contributed by atoms with Gasteiger partial charge in [0.25, 0.3) is 5.91 Å². The molecule has 1 atom stereocenters. The summed E-state index contributed by atoms with van der Waals surface area (Å²) in [6, 6.07) is 3.23. The number of aromatic nitrogens is 2. The molecule has 1 amide bonds. The van der Waals surface area contributed by atoms with Gasteiger partial charge in [0.15, 0.2) is 11.5 Å². The maximum Gasteiger partial charge on any atom is 0.358 e. The van der Waals surface area contributed by atoms with Crippen molar-refractivity contribution in [3.8, 4) is 0 Å². The van der Waals surface area contributed by atoms with Crippen LogP contribution in [0.4, 0.5) is 0 Å². The van der Waals surface area contributed by atoms with Crippen LogP contribution >= 0.6 is 11.3 Å². The molecule has 1 aliphatic rings. The van der Waals surface area contributed by atoms with E-state index in [0.29, 0.717) is 30.1 Å². The van der Waals surface area contributed by atoms with Crippen LogP contribution in [0.2, 0.25) is 0 Å². The Labute approximate surface area is 149 Å². The van der Waals surface area contributed by atoms with Crippen molar-refractivity contribution in [3.05, 3.63) is 39.3 Å². The third-order valence-corrected chi connectivity index (χ3v) is 5.05. The molecule has 2 aromatic rings. The maximum atomic E-state index is 12.8. The number of hydrogen-bond donors (Lipinski definition) is 0. The largest absolute Gasteiger partial charge is 0.461 e. The number of ketones is 1. The number of rotatable bonds is 4. The van der Waals surface area contributed by atoms with Crippen LogP contribution in [0, 0.1) is 0 Å². The third kappa shape index (κ3) is 3.34. The van der Waals surface area contributed by atoms with Crippen LogP contribution in [0.3, 0.4) is 0 Å². The van der Waals surface area contributed by atoms with E-state index in [9.17, 15) is 14.4 Å². The molecule has 0 radical (unpaired) electrons. The van der Waals surface area contributed by atoms with Crippen LogP contribution in [-0.4, -0.2) is 45.0 Å². The summed E-state index contributed by atoms with van der Waals surface area (Å²) in [6.45, 7) is 6.32. The fourth-order valence-electron chi connectivity index (χ4n) is 2.77. The van der Waals surface area contributed by atoms with Crippen LogP contribution in [0.25, 0.3) is 0 Å². The second-order valence-electron chi connectivity index (χ2n) is 5.96. The molecule has 8 heteroatoms. The van der Waals surface area contributed by atoms with Crippen LogP contribution < -0.4 is 0 Å². The molecular weight excluding hydrogens is 342 g/mol. The average molecular weight is 361 g/mol. The summed E-state index contributed by atoms with van der Waals surface area (Å²) in [4.78, 5) is 38.3. The Bertz CT molecular complexity index is 839. The summed E-state index contributed by atoms with van der Waals surface area (Å²) in [7, 11) is 0. The van der Waals surface area contributed by atoms with Gasteiger partial charge < -0.3 is 9.64 Å². The van der Waals surface area contributed by atoms with E-state index in [2.05, 4.69) is 5.10 Å². The fourth-order valence-corrected chi connectivity index (χ4v) is 3.67. The summed E-state index contributed by atoms with van der Waals surface area (Å²) >= 11 is 1.27. The summed E-state index contributed by atoms with van der Waals surface area (Å²) in [6.07, 6.45) is 0. The second kappa shape index (κ2) is 6.79. The van der Waals surface area contributed by atoms with Crippen molar-refractivity contribution in [2.24, 2.45) is 0 Å². The first kappa shape index (κ1) is 17.3. The first-order valence-corrected chi connectivity index (χ1v) is 8.93. The molecule has 0 spiro atoms. The van der Waals surface area contributed by atoms with Crippen molar-refractivity contribution < 1.29 is 19.1 Å².